The van der Waals surface area contributed by atoms with Crippen LogP contribution in [0.3, 0.4) is 0 Å². The van der Waals surface area contributed by atoms with E-state index in [4.69, 9.17) is 9.84 Å². The molecule has 0 heterocycles. The number of carboxylic acids is 1. The van der Waals surface area contributed by atoms with Gasteiger partial charge in [0.05, 0.1) is 0 Å². The molecule has 0 atom stereocenters. The molecule has 0 saturated carbocycles. The second-order valence-electron chi connectivity index (χ2n) is 3.72. The van der Waals surface area contributed by atoms with Gasteiger partial charge in [0.15, 0.2) is 0 Å². The number of carbonyl (C=O) groups is 1. The van der Waals surface area contributed by atoms with Gasteiger partial charge in [-0.1, -0.05) is 30.3 Å². The molecular weight excluding hydrogens is 235 g/mol. The largest absolute Gasteiger partial charge is 0.488 e. The minimum Gasteiger partial charge on any atom is -0.488 e. The van der Waals surface area contributed by atoms with Gasteiger partial charge in [0.25, 0.3) is 0 Å². The Kier molecular flexibility index (Phi) is 3.57. The molecule has 0 aliphatic rings. The van der Waals surface area contributed by atoms with E-state index in [0.717, 1.165) is 11.6 Å². The summed E-state index contributed by atoms with van der Waals surface area (Å²) in [5, 5.41) is 8.94. The SMILES string of the molecule is O=C(O)c1cc(F)ccc1OCc1ccccc1. The number of hydrogen-bond donors (Lipinski definition) is 1. The lowest BCUT2D eigenvalue weighted by atomic mass is 10.2. The summed E-state index contributed by atoms with van der Waals surface area (Å²) in [7, 11) is 0. The maximum atomic E-state index is 13.0. The minimum absolute atomic E-state index is 0.160. The van der Waals surface area contributed by atoms with E-state index in [1.54, 1.807) is 0 Å². The zero-order valence-corrected chi connectivity index (χ0v) is 9.47. The van der Waals surface area contributed by atoms with Crippen LogP contribution in [-0.2, 0) is 6.61 Å². The van der Waals surface area contributed by atoms with Crippen LogP contribution in [0, 0.1) is 5.82 Å². The summed E-state index contributed by atoms with van der Waals surface area (Å²) in [6, 6.07) is 12.8. The van der Waals surface area contributed by atoms with Crippen LogP contribution < -0.4 is 4.74 Å². The molecule has 0 spiro atoms. The lowest BCUT2D eigenvalue weighted by molar-refractivity contribution is 0.0691. The first kappa shape index (κ1) is 12.1. The molecule has 0 amide bonds. The molecule has 92 valence electrons. The molecule has 2 aromatic rings. The van der Waals surface area contributed by atoms with E-state index in [1.807, 2.05) is 30.3 Å². The molecule has 3 nitrogen and oxygen atoms in total. The van der Waals surface area contributed by atoms with Gasteiger partial charge in [0.2, 0.25) is 0 Å². The van der Waals surface area contributed by atoms with Crippen molar-refractivity contribution < 1.29 is 19.0 Å². The van der Waals surface area contributed by atoms with Gasteiger partial charge < -0.3 is 9.84 Å². The van der Waals surface area contributed by atoms with E-state index >= 15 is 0 Å². The Labute approximate surface area is 103 Å². The van der Waals surface area contributed by atoms with Crippen LogP contribution in [-0.4, -0.2) is 11.1 Å². The van der Waals surface area contributed by atoms with Gasteiger partial charge in [-0.3, -0.25) is 0 Å². The molecule has 0 unspecified atom stereocenters. The van der Waals surface area contributed by atoms with Crippen molar-refractivity contribution in [1.82, 2.24) is 0 Å². The van der Waals surface area contributed by atoms with Crippen LogP contribution in [0.5, 0.6) is 5.75 Å². The van der Waals surface area contributed by atoms with Gasteiger partial charge >= 0.3 is 5.97 Å². The first-order chi connectivity index (χ1) is 8.66. The Bertz CT molecular complexity index is 552. The third kappa shape index (κ3) is 2.85. The van der Waals surface area contributed by atoms with Crippen LogP contribution in [0.25, 0.3) is 0 Å². The highest BCUT2D eigenvalue weighted by Crippen LogP contribution is 2.20. The second kappa shape index (κ2) is 5.31. The highest BCUT2D eigenvalue weighted by atomic mass is 19.1. The molecule has 0 aromatic heterocycles. The summed E-state index contributed by atoms with van der Waals surface area (Å²) in [6.45, 7) is 0.243. The standard InChI is InChI=1S/C14H11FO3/c15-11-6-7-13(12(8-11)14(16)17)18-9-10-4-2-1-3-5-10/h1-8H,9H2,(H,16,17). The molecule has 0 radical (unpaired) electrons. The smallest absolute Gasteiger partial charge is 0.339 e. The molecule has 0 aliphatic carbocycles. The fourth-order valence-electron chi connectivity index (χ4n) is 1.53. The number of ether oxygens (including phenoxy) is 1. The van der Waals surface area contributed by atoms with Gasteiger partial charge in [-0.25, -0.2) is 9.18 Å². The van der Waals surface area contributed by atoms with E-state index in [1.165, 1.54) is 12.1 Å². The van der Waals surface area contributed by atoms with E-state index in [0.29, 0.717) is 0 Å². The fraction of sp³-hybridized carbons (Fsp3) is 0.0714. The topological polar surface area (TPSA) is 46.5 Å². The van der Waals surface area contributed by atoms with E-state index in [9.17, 15) is 9.18 Å². The molecule has 0 bridgehead atoms. The summed E-state index contributed by atoms with van der Waals surface area (Å²) < 4.78 is 18.3. The van der Waals surface area contributed by atoms with Crippen molar-refractivity contribution in [2.24, 2.45) is 0 Å². The third-order valence-electron chi connectivity index (χ3n) is 2.41. The molecular formula is C14H11FO3. The normalized spacial score (nSPS) is 10.1. The Hall–Kier alpha value is -2.36. The zero-order valence-electron chi connectivity index (χ0n) is 9.47. The highest BCUT2D eigenvalue weighted by molar-refractivity contribution is 5.90. The van der Waals surface area contributed by atoms with Crippen molar-refractivity contribution in [3.63, 3.8) is 0 Å². The quantitative estimate of drug-likeness (QED) is 0.901. The zero-order chi connectivity index (χ0) is 13.0. The monoisotopic (exact) mass is 246 g/mol. The Morgan fingerprint density at radius 2 is 1.89 bits per heavy atom. The summed E-state index contributed by atoms with van der Waals surface area (Å²) >= 11 is 0. The predicted octanol–water partition coefficient (Wildman–Crippen LogP) is 3.10. The number of halogens is 1. The van der Waals surface area contributed by atoms with Crippen LogP contribution in [0.1, 0.15) is 15.9 Å². The van der Waals surface area contributed by atoms with Crippen molar-refractivity contribution in [1.29, 1.82) is 0 Å². The van der Waals surface area contributed by atoms with Crippen molar-refractivity contribution in [3.05, 3.63) is 65.5 Å². The minimum atomic E-state index is -1.21. The van der Waals surface area contributed by atoms with Crippen LogP contribution in [0.4, 0.5) is 4.39 Å². The molecule has 4 heteroatoms. The van der Waals surface area contributed by atoms with Gasteiger partial charge in [0.1, 0.15) is 23.7 Å². The Balaban J connectivity index is 2.17. The number of benzene rings is 2. The van der Waals surface area contributed by atoms with Crippen LogP contribution >= 0.6 is 0 Å². The van der Waals surface area contributed by atoms with Crippen molar-refractivity contribution >= 4 is 5.97 Å². The van der Waals surface area contributed by atoms with Crippen LogP contribution in [0.15, 0.2) is 48.5 Å². The number of aromatic carboxylic acids is 1. The predicted molar refractivity (Wildman–Crippen MR) is 64.1 cm³/mol. The molecule has 1 N–H and O–H groups in total. The first-order valence-electron chi connectivity index (χ1n) is 5.36. The summed E-state index contributed by atoms with van der Waals surface area (Å²) in [5.41, 5.74) is 0.740. The van der Waals surface area contributed by atoms with E-state index < -0.39 is 11.8 Å². The van der Waals surface area contributed by atoms with Crippen molar-refractivity contribution in [3.8, 4) is 5.75 Å². The molecule has 2 aromatic carbocycles. The summed E-state index contributed by atoms with van der Waals surface area (Å²) in [5.74, 6) is -1.65. The Morgan fingerprint density at radius 1 is 1.17 bits per heavy atom. The second-order valence-corrected chi connectivity index (χ2v) is 3.72. The molecule has 0 saturated heterocycles. The summed E-state index contributed by atoms with van der Waals surface area (Å²) in [6.07, 6.45) is 0. The number of carboxylic acid groups (broad SMARTS) is 1. The average molecular weight is 246 g/mol. The van der Waals surface area contributed by atoms with Gasteiger partial charge in [0, 0.05) is 0 Å². The van der Waals surface area contributed by atoms with E-state index in [2.05, 4.69) is 0 Å². The van der Waals surface area contributed by atoms with Crippen molar-refractivity contribution in [2.45, 2.75) is 6.61 Å². The summed E-state index contributed by atoms with van der Waals surface area (Å²) in [4.78, 5) is 10.9. The Morgan fingerprint density at radius 3 is 2.56 bits per heavy atom. The first-order valence-corrected chi connectivity index (χ1v) is 5.36. The maximum Gasteiger partial charge on any atom is 0.339 e. The number of rotatable bonds is 4. The fourth-order valence-corrected chi connectivity index (χ4v) is 1.53. The molecule has 0 aliphatic heterocycles. The average Bonchev–Trinajstić information content (AvgIpc) is 2.38. The van der Waals surface area contributed by atoms with E-state index in [-0.39, 0.29) is 17.9 Å². The van der Waals surface area contributed by atoms with Gasteiger partial charge in [-0.15, -0.1) is 0 Å². The molecule has 0 fully saturated rings. The van der Waals surface area contributed by atoms with Gasteiger partial charge in [-0.2, -0.15) is 0 Å². The third-order valence-corrected chi connectivity index (χ3v) is 2.41. The molecule has 18 heavy (non-hydrogen) atoms. The lowest BCUT2D eigenvalue weighted by Gasteiger charge is -2.09. The van der Waals surface area contributed by atoms with Crippen LogP contribution in [0.2, 0.25) is 0 Å². The number of hydrogen-bond acceptors (Lipinski definition) is 2. The lowest BCUT2D eigenvalue weighted by Crippen LogP contribution is -2.04. The molecule has 2 rings (SSSR count). The maximum absolute atomic E-state index is 13.0. The van der Waals surface area contributed by atoms with Gasteiger partial charge in [-0.05, 0) is 23.8 Å². The highest BCUT2D eigenvalue weighted by Gasteiger charge is 2.12. The van der Waals surface area contributed by atoms with Crippen molar-refractivity contribution in [2.75, 3.05) is 0 Å².